The van der Waals surface area contributed by atoms with Crippen LogP contribution in [0, 0.1) is 5.92 Å². The minimum atomic E-state index is -0.206. The van der Waals surface area contributed by atoms with Crippen LogP contribution in [-0.2, 0) is 6.54 Å². The molecule has 1 fully saturated rings. The van der Waals surface area contributed by atoms with Gasteiger partial charge in [-0.05, 0) is 25.3 Å². The lowest BCUT2D eigenvalue weighted by Gasteiger charge is -2.32. The van der Waals surface area contributed by atoms with Crippen molar-refractivity contribution in [3.8, 4) is 0 Å². The Bertz CT molecular complexity index is 296. The van der Waals surface area contributed by atoms with Crippen LogP contribution in [0.5, 0.6) is 0 Å². The molecule has 1 unspecified atom stereocenters. The number of aliphatic hydroxyl groups is 1. The SMILES string of the molecule is CCNC(CO)(Cn1cncn1)C1CC1. The van der Waals surface area contributed by atoms with Gasteiger partial charge in [0.15, 0.2) is 0 Å². The Morgan fingerprint density at radius 2 is 2.40 bits per heavy atom. The van der Waals surface area contributed by atoms with Crippen molar-refractivity contribution in [1.29, 1.82) is 0 Å². The first-order chi connectivity index (χ1) is 7.30. The molecule has 1 aromatic rings. The van der Waals surface area contributed by atoms with Crippen LogP contribution in [0.15, 0.2) is 12.7 Å². The summed E-state index contributed by atoms with van der Waals surface area (Å²) in [6, 6.07) is 0. The summed E-state index contributed by atoms with van der Waals surface area (Å²) in [7, 11) is 0. The second kappa shape index (κ2) is 4.28. The standard InChI is InChI=1S/C10H18N4O/c1-2-12-10(6-15,9-3-4-9)5-14-8-11-7-13-14/h7-9,12,15H,2-6H2,1H3. The van der Waals surface area contributed by atoms with Gasteiger partial charge in [0.25, 0.3) is 0 Å². The summed E-state index contributed by atoms with van der Waals surface area (Å²) in [6.07, 6.45) is 5.62. The van der Waals surface area contributed by atoms with E-state index in [2.05, 4.69) is 22.3 Å². The van der Waals surface area contributed by atoms with Gasteiger partial charge in [0.2, 0.25) is 0 Å². The van der Waals surface area contributed by atoms with Crippen LogP contribution in [-0.4, -0.2) is 38.6 Å². The third-order valence-corrected chi connectivity index (χ3v) is 3.08. The molecule has 1 atom stereocenters. The molecule has 0 amide bonds. The Labute approximate surface area is 89.5 Å². The smallest absolute Gasteiger partial charge is 0.137 e. The van der Waals surface area contributed by atoms with Crippen LogP contribution >= 0.6 is 0 Å². The fourth-order valence-corrected chi connectivity index (χ4v) is 2.16. The number of aliphatic hydroxyl groups excluding tert-OH is 1. The molecule has 5 nitrogen and oxygen atoms in total. The van der Waals surface area contributed by atoms with Crippen molar-refractivity contribution in [1.82, 2.24) is 20.1 Å². The zero-order chi connectivity index (χ0) is 10.7. The predicted octanol–water partition coefficient (Wildman–Crippen LogP) is 0.0287. The monoisotopic (exact) mass is 210 g/mol. The highest BCUT2D eigenvalue weighted by Crippen LogP contribution is 2.40. The van der Waals surface area contributed by atoms with Crippen LogP contribution in [0.4, 0.5) is 0 Å². The van der Waals surface area contributed by atoms with Crippen LogP contribution in [0.25, 0.3) is 0 Å². The van der Waals surface area contributed by atoms with Gasteiger partial charge in [0.05, 0.1) is 18.7 Å². The Hall–Kier alpha value is -0.940. The van der Waals surface area contributed by atoms with E-state index in [1.807, 2.05) is 0 Å². The number of aromatic nitrogens is 3. The fraction of sp³-hybridized carbons (Fsp3) is 0.800. The van der Waals surface area contributed by atoms with Gasteiger partial charge in [-0.15, -0.1) is 0 Å². The van der Waals surface area contributed by atoms with E-state index < -0.39 is 0 Å². The van der Waals surface area contributed by atoms with E-state index in [4.69, 9.17) is 0 Å². The zero-order valence-corrected chi connectivity index (χ0v) is 9.06. The zero-order valence-electron chi connectivity index (χ0n) is 9.06. The summed E-state index contributed by atoms with van der Waals surface area (Å²) in [5.41, 5.74) is -0.206. The Morgan fingerprint density at radius 3 is 2.87 bits per heavy atom. The summed E-state index contributed by atoms with van der Waals surface area (Å²) in [5.74, 6) is 0.576. The molecule has 0 radical (unpaired) electrons. The van der Waals surface area contributed by atoms with E-state index in [0.29, 0.717) is 12.5 Å². The van der Waals surface area contributed by atoms with Crippen molar-refractivity contribution < 1.29 is 5.11 Å². The van der Waals surface area contributed by atoms with Crippen molar-refractivity contribution in [2.75, 3.05) is 13.2 Å². The topological polar surface area (TPSA) is 63.0 Å². The maximum atomic E-state index is 9.59. The number of likely N-dealkylation sites (N-methyl/N-ethyl adjacent to an activating group) is 1. The molecule has 1 saturated carbocycles. The van der Waals surface area contributed by atoms with E-state index in [9.17, 15) is 5.11 Å². The largest absolute Gasteiger partial charge is 0.394 e. The molecule has 1 aliphatic carbocycles. The van der Waals surface area contributed by atoms with E-state index >= 15 is 0 Å². The second-order valence-electron chi connectivity index (χ2n) is 4.21. The molecule has 0 bridgehead atoms. The molecule has 0 aromatic carbocycles. The highest BCUT2D eigenvalue weighted by atomic mass is 16.3. The number of nitrogens with one attached hydrogen (secondary N) is 1. The quantitative estimate of drug-likeness (QED) is 0.695. The summed E-state index contributed by atoms with van der Waals surface area (Å²) < 4.78 is 1.79. The van der Waals surface area contributed by atoms with Crippen molar-refractivity contribution in [2.24, 2.45) is 5.92 Å². The van der Waals surface area contributed by atoms with Gasteiger partial charge < -0.3 is 10.4 Å². The van der Waals surface area contributed by atoms with Gasteiger partial charge in [-0.2, -0.15) is 5.10 Å². The lowest BCUT2D eigenvalue weighted by Crippen LogP contribution is -2.53. The van der Waals surface area contributed by atoms with Gasteiger partial charge in [0.1, 0.15) is 12.7 Å². The molecule has 0 aliphatic heterocycles. The van der Waals surface area contributed by atoms with Crippen LogP contribution in [0.1, 0.15) is 19.8 Å². The first-order valence-electron chi connectivity index (χ1n) is 5.49. The molecule has 1 aromatic heterocycles. The van der Waals surface area contributed by atoms with Gasteiger partial charge in [-0.3, -0.25) is 4.68 Å². The molecule has 15 heavy (non-hydrogen) atoms. The van der Waals surface area contributed by atoms with Crippen molar-refractivity contribution >= 4 is 0 Å². The molecule has 1 aliphatic rings. The Balaban J connectivity index is 2.09. The number of hydrogen-bond acceptors (Lipinski definition) is 4. The molecule has 2 N–H and O–H groups in total. The summed E-state index contributed by atoms with van der Waals surface area (Å²) in [4.78, 5) is 3.92. The fourth-order valence-electron chi connectivity index (χ4n) is 2.16. The van der Waals surface area contributed by atoms with Gasteiger partial charge in [0, 0.05) is 0 Å². The minimum Gasteiger partial charge on any atom is -0.394 e. The van der Waals surface area contributed by atoms with Gasteiger partial charge >= 0.3 is 0 Å². The number of nitrogens with zero attached hydrogens (tertiary/aromatic N) is 3. The molecular formula is C10H18N4O. The highest BCUT2D eigenvalue weighted by molar-refractivity contribution is 5.00. The maximum Gasteiger partial charge on any atom is 0.137 e. The lowest BCUT2D eigenvalue weighted by atomic mass is 9.94. The van der Waals surface area contributed by atoms with E-state index in [0.717, 1.165) is 6.54 Å². The summed E-state index contributed by atoms with van der Waals surface area (Å²) in [6.45, 7) is 3.78. The van der Waals surface area contributed by atoms with Crippen molar-refractivity contribution in [2.45, 2.75) is 31.8 Å². The molecule has 2 rings (SSSR count). The average molecular weight is 210 g/mol. The first-order valence-corrected chi connectivity index (χ1v) is 5.49. The lowest BCUT2D eigenvalue weighted by molar-refractivity contribution is 0.120. The third-order valence-electron chi connectivity index (χ3n) is 3.08. The first kappa shape index (κ1) is 10.6. The highest BCUT2D eigenvalue weighted by Gasteiger charge is 2.44. The van der Waals surface area contributed by atoms with Crippen LogP contribution in [0.2, 0.25) is 0 Å². The van der Waals surface area contributed by atoms with Crippen LogP contribution < -0.4 is 5.32 Å². The molecule has 0 saturated heterocycles. The average Bonchev–Trinajstić information content (AvgIpc) is 2.98. The summed E-state index contributed by atoms with van der Waals surface area (Å²) in [5, 5.41) is 17.1. The van der Waals surface area contributed by atoms with E-state index in [1.54, 1.807) is 11.0 Å². The third kappa shape index (κ3) is 2.18. The maximum absolute atomic E-state index is 9.59. The second-order valence-corrected chi connectivity index (χ2v) is 4.21. The Morgan fingerprint density at radius 1 is 1.60 bits per heavy atom. The van der Waals surface area contributed by atoms with Crippen LogP contribution in [0.3, 0.4) is 0 Å². The summed E-state index contributed by atoms with van der Waals surface area (Å²) >= 11 is 0. The number of rotatable bonds is 6. The molecule has 0 spiro atoms. The van der Waals surface area contributed by atoms with Gasteiger partial charge in [-0.25, -0.2) is 4.98 Å². The van der Waals surface area contributed by atoms with Crippen molar-refractivity contribution in [3.63, 3.8) is 0 Å². The normalized spacial score (nSPS) is 20.1. The van der Waals surface area contributed by atoms with Crippen molar-refractivity contribution in [3.05, 3.63) is 12.7 Å². The minimum absolute atomic E-state index is 0.158. The molecule has 84 valence electrons. The predicted molar refractivity (Wildman–Crippen MR) is 56.2 cm³/mol. The molecule has 5 heteroatoms. The van der Waals surface area contributed by atoms with E-state index in [1.165, 1.54) is 19.2 Å². The number of hydrogen-bond donors (Lipinski definition) is 2. The Kier molecular flexibility index (Phi) is 3.02. The van der Waals surface area contributed by atoms with Gasteiger partial charge in [-0.1, -0.05) is 6.92 Å². The van der Waals surface area contributed by atoms with E-state index in [-0.39, 0.29) is 12.1 Å². The molecule has 1 heterocycles. The molecular weight excluding hydrogens is 192 g/mol.